The van der Waals surface area contributed by atoms with Gasteiger partial charge in [-0.15, -0.1) is 35.7 Å². The molecule has 6 heteroatoms. The van der Waals surface area contributed by atoms with Crippen LogP contribution in [0.15, 0.2) is 54.6 Å². The molecule has 0 aromatic heterocycles. The number of carbonyl (C=O) groups excluding carboxylic acids is 1. The van der Waals surface area contributed by atoms with Crippen LogP contribution < -0.4 is 5.32 Å². The van der Waals surface area contributed by atoms with Crippen LogP contribution in [0.1, 0.15) is 11.1 Å². The normalized spacial score (nSPS) is 10.2. The number of benzene rings is 2. The van der Waals surface area contributed by atoms with Crippen LogP contribution in [0.2, 0.25) is 5.02 Å². The molecule has 0 heterocycles. The first-order valence-electron chi connectivity index (χ1n) is 6.56. The van der Waals surface area contributed by atoms with E-state index in [0.29, 0.717) is 15.8 Å². The van der Waals surface area contributed by atoms with E-state index in [9.17, 15) is 4.79 Å². The van der Waals surface area contributed by atoms with Crippen molar-refractivity contribution in [2.24, 2.45) is 0 Å². The van der Waals surface area contributed by atoms with E-state index in [-0.39, 0.29) is 29.9 Å². The Morgan fingerprint density at radius 3 is 2.65 bits per heavy atom. The van der Waals surface area contributed by atoms with Crippen LogP contribution >= 0.6 is 47.3 Å². The fourth-order valence-corrected chi connectivity index (χ4v) is 2.38. The van der Waals surface area contributed by atoms with E-state index >= 15 is 0 Å². The van der Waals surface area contributed by atoms with Crippen LogP contribution in [-0.2, 0) is 4.79 Å². The summed E-state index contributed by atoms with van der Waals surface area (Å²) in [5.74, 6) is -0.243. The van der Waals surface area contributed by atoms with E-state index in [1.54, 1.807) is 24.3 Å². The molecule has 1 amide bonds. The lowest BCUT2D eigenvalue weighted by Crippen LogP contribution is -2.08. The molecule has 0 spiro atoms. The highest BCUT2D eigenvalue weighted by Gasteiger charge is 2.03. The fourth-order valence-electron chi connectivity index (χ4n) is 1.82. The van der Waals surface area contributed by atoms with Crippen molar-refractivity contribution in [2.75, 3.05) is 11.6 Å². The Morgan fingerprint density at radius 2 is 1.96 bits per heavy atom. The Morgan fingerprint density at radius 1 is 1.22 bits per heavy atom. The van der Waals surface area contributed by atoms with Crippen LogP contribution in [0.4, 0.5) is 5.69 Å². The minimum Gasteiger partial charge on any atom is -0.322 e. The van der Waals surface area contributed by atoms with Crippen molar-refractivity contribution in [1.29, 1.82) is 5.41 Å². The summed E-state index contributed by atoms with van der Waals surface area (Å²) >= 11 is 7.39. The number of halogens is 2. The topological polar surface area (TPSA) is 53.0 Å². The van der Waals surface area contributed by atoms with Crippen LogP contribution in [0, 0.1) is 5.41 Å². The van der Waals surface area contributed by atoms with E-state index in [1.807, 2.05) is 36.6 Å². The second-order valence-electron chi connectivity index (χ2n) is 4.46. The summed E-state index contributed by atoms with van der Waals surface area (Å²) in [5.41, 5.74) is 2.22. The summed E-state index contributed by atoms with van der Waals surface area (Å²) in [6, 6.07) is 14.5. The molecule has 2 rings (SSSR count). The molecular weight excluding hydrogens is 443 g/mol. The van der Waals surface area contributed by atoms with E-state index in [0.717, 1.165) is 11.1 Å². The summed E-state index contributed by atoms with van der Waals surface area (Å²) in [4.78, 5) is 11.9. The molecule has 3 nitrogen and oxygen atoms in total. The molecular formula is C17H16ClIN2OS. The van der Waals surface area contributed by atoms with Crippen molar-refractivity contribution in [3.63, 3.8) is 0 Å². The molecule has 2 aromatic carbocycles. The maximum atomic E-state index is 11.9. The van der Waals surface area contributed by atoms with Crippen molar-refractivity contribution in [1.82, 2.24) is 0 Å². The van der Waals surface area contributed by atoms with Gasteiger partial charge in [-0.1, -0.05) is 41.9 Å². The van der Waals surface area contributed by atoms with Gasteiger partial charge in [0.05, 0.1) is 5.04 Å². The molecule has 0 aliphatic rings. The third-order valence-electron chi connectivity index (χ3n) is 2.92. The molecule has 0 radical (unpaired) electrons. The van der Waals surface area contributed by atoms with Gasteiger partial charge in [-0.3, -0.25) is 10.2 Å². The number of anilines is 1. The van der Waals surface area contributed by atoms with Crippen LogP contribution in [0.3, 0.4) is 0 Å². The highest BCUT2D eigenvalue weighted by atomic mass is 127. The fraction of sp³-hybridized carbons (Fsp3) is 0.0588. The monoisotopic (exact) mass is 458 g/mol. The standard InChI is InChI=1S/C17H15ClN2OS.HI/c1-22-17(19)13-6-4-7-14(11-13)20-16(21)10-9-12-5-2-3-8-15(12)18;/h2-11,19H,1H3,(H,20,21);1H/b10-9+,19-17?;. The Balaban J connectivity index is 0.00000264. The molecule has 2 N–H and O–H groups in total. The second kappa shape index (κ2) is 9.75. The molecule has 0 saturated heterocycles. The van der Waals surface area contributed by atoms with Gasteiger partial charge in [0.15, 0.2) is 0 Å². The van der Waals surface area contributed by atoms with Gasteiger partial charge in [0.1, 0.15) is 0 Å². The zero-order valence-electron chi connectivity index (χ0n) is 12.4. The molecule has 0 aliphatic carbocycles. The highest BCUT2D eigenvalue weighted by Crippen LogP contribution is 2.17. The van der Waals surface area contributed by atoms with Crippen molar-refractivity contribution in [2.45, 2.75) is 0 Å². The maximum Gasteiger partial charge on any atom is 0.248 e. The summed E-state index contributed by atoms with van der Waals surface area (Å²) in [6.07, 6.45) is 4.96. The van der Waals surface area contributed by atoms with E-state index in [2.05, 4.69) is 5.32 Å². The van der Waals surface area contributed by atoms with Crippen LogP contribution in [0.25, 0.3) is 6.08 Å². The van der Waals surface area contributed by atoms with E-state index < -0.39 is 0 Å². The Bertz CT molecular complexity index is 734. The van der Waals surface area contributed by atoms with Gasteiger partial charge in [-0.05, 0) is 36.1 Å². The molecule has 0 unspecified atom stereocenters. The number of nitrogens with one attached hydrogen (secondary N) is 2. The van der Waals surface area contributed by atoms with Crippen molar-refractivity contribution >= 4 is 70.1 Å². The van der Waals surface area contributed by atoms with Crippen LogP contribution in [0.5, 0.6) is 0 Å². The lowest BCUT2D eigenvalue weighted by Gasteiger charge is -2.05. The Labute approximate surface area is 162 Å². The zero-order chi connectivity index (χ0) is 15.9. The second-order valence-corrected chi connectivity index (χ2v) is 5.68. The number of hydrogen-bond acceptors (Lipinski definition) is 3. The largest absolute Gasteiger partial charge is 0.322 e. The lowest BCUT2D eigenvalue weighted by atomic mass is 10.2. The smallest absolute Gasteiger partial charge is 0.248 e. The highest BCUT2D eigenvalue weighted by molar-refractivity contribution is 14.0. The first-order valence-corrected chi connectivity index (χ1v) is 8.17. The summed E-state index contributed by atoms with van der Waals surface area (Å²) in [6.45, 7) is 0. The summed E-state index contributed by atoms with van der Waals surface area (Å²) in [7, 11) is 0. The van der Waals surface area contributed by atoms with E-state index in [4.69, 9.17) is 17.0 Å². The van der Waals surface area contributed by atoms with Crippen molar-refractivity contribution in [3.8, 4) is 0 Å². The predicted molar refractivity (Wildman–Crippen MR) is 111 cm³/mol. The first-order chi connectivity index (χ1) is 10.6. The Hall–Kier alpha value is -1.31. The minimum absolute atomic E-state index is 0. The first kappa shape index (κ1) is 19.7. The molecule has 2 aromatic rings. The predicted octanol–water partition coefficient (Wildman–Crippen LogP) is 5.30. The van der Waals surface area contributed by atoms with Crippen molar-refractivity contribution < 1.29 is 4.79 Å². The molecule has 0 saturated carbocycles. The van der Waals surface area contributed by atoms with Gasteiger partial charge in [-0.2, -0.15) is 0 Å². The molecule has 0 aliphatic heterocycles. The van der Waals surface area contributed by atoms with Gasteiger partial charge in [0, 0.05) is 22.3 Å². The molecule has 120 valence electrons. The average molecular weight is 459 g/mol. The Kier molecular flexibility index (Phi) is 8.36. The number of rotatable bonds is 4. The lowest BCUT2D eigenvalue weighted by molar-refractivity contribution is -0.111. The summed E-state index contributed by atoms with van der Waals surface area (Å²) < 4.78 is 0. The van der Waals surface area contributed by atoms with Gasteiger partial charge in [-0.25, -0.2) is 0 Å². The molecule has 0 bridgehead atoms. The van der Waals surface area contributed by atoms with Gasteiger partial charge < -0.3 is 5.32 Å². The number of thioether (sulfide) groups is 1. The molecule has 23 heavy (non-hydrogen) atoms. The molecule has 0 atom stereocenters. The third kappa shape index (κ3) is 6.01. The van der Waals surface area contributed by atoms with Gasteiger partial charge in [0.25, 0.3) is 0 Å². The third-order valence-corrected chi connectivity index (χ3v) is 3.90. The van der Waals surface area contributed by atoms with Gasteiger partial charge in [0.2, 0.25) is 5.91 Å². The number of carbonyl (C=O) groups is 1. The summed E-state index contributed by atoms with van der Waals surface area (Å²) in [5, 5.41) is 11.6. The average Bonchev–Trinajstić information content (AvgIpc) is 2.53. The SMILES string of the molecule is CSC(=N)c1cccc(NC(=O)/C=C/c2ccccc2Cl)c1.I. The maximum absolute atomic E-state index is 11.9. The van der Waals surface area contributed by atoms with E-state index in [1.165, 1.54) is 17.8 Å². The zero-order valence-corrected chi connectivity index (χ0v) is 16.3. The quantitative estimate of drug-likeness (QED) is 0.283. The minimum atomic E-state index is -0.243. The number of amides is 1. The number of hydrogen-bond donors (Lipinski definition) is 2. The molecule has 0 fully saturated rings. The van der Waals surface area contributed by atoms with Gasteiger partial charge >= 0.3 is 0 Å². The van der Waals surface area contributed by atoms with Crippen molar-refractivity contribution in [3.05, 3.63) is 70.8 Å². The van der Waals surface area contributed by atoms with Crippen LogP contribution in [-0.4, -0.2) is 17.2 Å².